The molecule has 0 spiro atoms. The second-order valence-electron chi connectivity index (χ2n) is 5.35. The van der Waals surface area contributed by atoms with Gasteiger partial charge in [0.2, 0.25) is 0 Å². The zero-order valence-corrected chi connectivity index (χ0v) is 13.7. The van der Waals surface area contributed by atoms with Crippen molar-refractivity contribution in [3.05, 3.63) is 58.6 Å². The number of benzene rings is 2. The van der Waals surface area contributed by atoms with Crippen molar-refractivity contribution in [3.8, 4) is 0 Å². The summed E-state index contributed by atoms with van der Waals surface area (Å²) in [5.74, 6) is 0. The van der Waals surface area contributed by atoms with E-state index in [1.807, 2.05) is 6.07 Å². The number of rotatable bonds is 6. The molecule has 21 heavy (non-hydrogen) atoms. The Bertz CT molecular complexity index is 578. The molecule has 0 saturated carbocycles. The van der Waals surface area contributed by atoms with Crippen LogP contribution in [0.2, 0.25) is 5.02 Å². The number of hydrogen-bond donors (Lipinski definition) is 1. The summed E-state index contributed by atoms with van der Waals surface area (Å²) in [7, 11) is 2.06. The van der Waals surface area contributed by atoms with Crippen LogP contribution < -0.4 is 10.2 Å². The lowest BCUT2D eigenvalue weighted by Gasteiger charge is -2.20. The van der Waals surface area contributed by atoms with E-state index in [4.69, 9.17) is 11.6 Å². The van der Waals surface area contributed by atoms with E-state index in [-0.39, 0.29) is 0 Å². The van der Waals surface area contributed by atoms with Crippen LogP contribution in [0.1, 0.15) is 24.5 Å². The maximum Gasteiger partial charge on any atom is 0.0471 e. The molecule has 0 aliphatic carbocycles. The van der Waals surface area contributed by atoms with Gasteiger partial charge in [-0.05, 0) is 49.7 Å². The first-order chi connectivity index (χ1) is 10.1. The van der Waals surface area contributed by atoms with Crippen molar-refractivity contribution in [2.75, 3.05) is 18.5 Å². The first-order valence-electron chi connectivity index (χ1n) is 7.41. The topological polar surface area (TPSA) is 15.3 Å². The van der Waals surface area contributed by atoms with Gasteiger partial charge in [0, 0.05) is 30.0 Å². The van der Waals surface area contributed by atoms with E-state index in [0.717, 1.165) is 41.5 Å². The lowest BCUT2D eigenvalue weighted by molar-refractivity contribution is 0.675. The second-order valence-corrected chi connectivity index (χ2v) is 5.75. The second kappa shape index (κ2) is 7.48. The molecule has 0 aromatic heterocycles. The Morgan fingerprint density at radius 2 is 1.71 bits per heavy atom. The molecule has 0 heterocycles. The predicted octanol–water partition coefficient (Wildman–Crippen LogP) is 4.92. The van der Waals surface area contributed by atoms with Crippen molar-refractivity contribution in [1.29, 1.82) is 0 Å². The van der Waals surface area contributed by atoms with Crippen LogP contribution in [0.15, 0.2) is 42.5 Å². The molecular formula is C18H23ClN2. The molecule has 112 valence electrons. The minimum Gasteiger partial charge on any atom is -0.345 e. The quantitative estimate of drug-likeness (QED) is 0.762. The molecule has 0 saturated heterocycles. The molecule has 2 aromatic carbocycles. The van der Waals surface area contributed by atoms with E-state index < -0.39 is 0 Å². The lowest BCUT2D eigenvalue weighted by Crippen LogP contribution is -2.14. The maximum atomic E-state index is 6.40. The highest BCUT2D eigenvalue weighted by Crippen LogP contribution is 2.28. The van der Waals surface area contributed by atoms with E-state index in [1.165, 1.54) is 5.56 Å². The van der Waals surface area contributed by atoms with Crippen molar-refractivity contribution in [3.63, 3.8) is 0 Å². The number of nitrogens with one attached hydrogen (secondary N) is 1. The molecule has 0 aliphatic rings. The number of aryl methyl sites for hydroxylation is 1. The Morgan fingerprint density at radius 1 is 1.05 bits per heavy atom. The molecule has 0 unspecified atom stereocenters. The van der Waals surface area contributed by atoms with Crippen LogP contribution in [0.3, 0.4) is 0 Å². The number of halogens is 1. The Labute approximate surface area is 132 Å². The molecule has 0 radical (unpaired) electrons. The highest BCUT2D eigenvalue weighted by Gasteiger charge is 2.07. The van der Waals surface area contributed by atoms with Gasteiger partial charge in [-0.2, -0.15) is 0 Å². The van der Waals surface area contributed by atoms with Gasteiger partial charge in [-0.1, -0.05) is 42.3 Å². The fraction of sp³-hybridized carbons (Fsp3) is 0.333. The minimum absolute atomic E-state index is 0.815. The first kappa shape index (κ1) is 15.9. The van der Waals surface area contributed by atoms with E-state index in [1.54, 1.807) is 0 Å². The van der Waals surface area contributed by atoms with Crippen molar-refractivity contribution < 1.29 is 0 Å². The highest BCUT2D eigenvalue weighted by atomic mass is 35.5. The molecule has 2 nitrogen and oxygen atoms in total. The molecule has 0 aliphatic heterocycles. The van der Waals surface area contributed by atoms with Crippen LogP contribution in [0.5, 0.6) is 0 Å². The fourth-order valence-electron chi connectivity index (χ4n) is 2.21. The van der Waals surface area contributed by atoms with Gasteiger partial charge in [-0.3, -0.25) is 0 Å². The fourth-order valence-corrected chi connectivity index (χ4v) is 2.45. The van der Waals surface area contributed by atoms with Crippen LogP contribution in [0.25, 0.3) is 0 Å². The molecule has 0 bridgehead atoms. The standard InChI is InChI=1S/C18H23ClN2/c1-4-11-20-13-15-7-10-17(12-18(15)19)21(3)16-8-5-14(2)6-9-16/h5-10,12,20H,4,11,13H2,1-3H3. The summed E-state index contributed by atoms with van der Waals surface area (Å²) in [5, 5.41) is 4.20. The van der Waals surface area contributed by atoms with E-state index in [0.29, 0.717) is 0 Å². The summed E-state index contributed by atoms with van der Waals surface area (Å²) >= 11 is 6.40. The minimum atomic E-state index is 0.815. The Morgan fingerprint density at radius 3 is 2.33 bits per heavy atom. The molecule has 0 amide bonds. The van der Waals surface area contributed by atoms with Crippen LogP contribution in [-0.4, -0.2) is 13.6 Å². The van der Waals surface area contributed by atoms with E-state index in [2.05, 4.69) is 67.5 Å². The molecule has 3 heteroatoms. The number of nitrogens with zero attached hydrogens (tertiary/aromatic N) is 1. The lowest BCUT2D eigenvalue weighted by atomic mass is 10.1. The summed E-state index contributed by atoms with van der Waals surface area (Å²) < 4.78 is 0. The summed E-state index contributed by atoms with van der Waals surface area (Å²) in [5.41, 5.74) is 4.67. The third-order valence-corrected chi connectivity index (χ3v) is 3.94. The van der Waals surface area contributed by atoms with Crippen LogP contribution in [-0.2, 0) is 6.54 Å². The number of hydrogen-bond acceptors (Lipinski definition) is 2. The van der Waals surface area contributed by atoms with Gasteiger partial charge in [-0.15, -0.1) is 0 Å². The SMILES string of the molecule is CCCNCc1ccc(N(C)c2ccc(C)cc2)cc1Cl. The predicted molar refractivity (Wildman–Crippen MR) is 92.7 cm³/mol. The van der Waals surface area contributed by atoms with Crippen LogP contribution in [0, 0.1) is 6.92 Å². The third kappa shape index (κ3) is 4.23. The van der Waals surface area contributed by atoms with Gasteiger partial charge >= 0.3 is 0 Å². The number of anilines is 2. The van der Waals surface area contributed by atoms with Crippen molar-refractivity contribution in [1.82, 2.24) is 5.32 Å². The Kier molecular flexibility index (Phi) is 5.66. The normalized spacial score (nSPS) is 10.7. The molecule has 1 N–H and O–H groups in total. The molecule has 2 rings (SSSR count). The Balaban J connectivity index is 2.13. The highest BCUT2D eigenvalue weighted by molar-refractivity contribution is 6.31. The smallest absolute Gasteiger partial charge is 0.0471 e. The van der Waals surface area contributed by atoms with E-state index in [9.17, 15) is 0 Å². The third-order valence-electron chi connectivity index (χ3n) is 3.59. The van der Waals surface area contributed by atoms with Crippen molar-refractivity contribution in [2.45, 2.75) is 26.8 Å². The average molecular weight is 303 g/mol. The van der Waals surface area contributed by atoms with Gasteiger partial charge in [-0.25, -0.2) is 0 Å². The zero-order valence-electron chi connectivity index (χ0n) is 13.0. The molecular weight excluding hydrogens is 280 g/mol. The van der Waals surface area contributed by atoms with Crippen molar-refractivity contribution in [2.24, 2.45) is 0 Å². The monoisotopic (exact) mass is 302 g/mol. The van der Waals surface area contributed by atoms with Crippen LogP contribution >= 0.6 is 11.6 Å². The molecule has 2 aromatic rings. The van der Waals surface area contributed by atoms with E-state index >= 15 is 0 Å². The summed E-state index contributed by atoms with van der Waals surface area (Å²) in [6, 6.07) is 14.7. The maximum absolute atomic E-state index is 6.40. The van der Waals surface area contributed by atoms with Crippen LogP contribution in [0.4, 0.5) is 11.4 Å². The molecule has 0 fully saturated rings. The summed E-state index contributed by atoms with van der Waals surface area (Å²) in [6.07, 6.45) is 1.13. The van der Waals surface area contributed by atoms with Gasteiger partial charge in [0.25, 0.3) is 0 Å². The Hall–Kier alpha value is -1.51. The summed E-state index contributed by atoms with van der Waals surface area (Å²) in [4.78, 5) is 2.15. The first-order valence-corrected chi connectivity index (χ1v) is 7.79. The van der Waals surface area contributed by atoms with Crippen molar-refractivity contribution >= 4 is 23.0 Å². The average Bonchev–Trinajstić information content (AvgIpc) is 2.49. The molecule has 0 atom stereocenters. The van der Waals surface area contributed by atoms with Gasteiger partial charge < -0.3 is 10.2 Å². The van der Waals surface area contributed by atoms with Gasteiger partial charge in [0.1, 0.15) is 0 Å². The summed E-state index contributed by atoms with van der Waals surface area (Å²) in [6.45, 7) is 6.09. The van der Waals surface area contributed by atoms with Gasteiger partial charge in [0.05, 0.1) is 0 Å². The van der Waals surface area contributed by atoms with Gasteiger partial charge in [0.15, 0.2) is 0 Å². The zero-order chi connectivity index (χ0) is 15.2. The largest absolute Gasteiger partial charge is 0.345 e.